The number of likely N-dealkylation sites (tertiary alicyclic amines) is 1. The Morgan fingerprint density at radius 2 is 1.97 bits per heavy atom. The monoisotopic (exact) mass is 476 g/mol. The molecule has 1 fully saturated rings. The van der Waals surface area contributed by atoms with Crippen molar-refractivity contribution < 1.29 is 28.3 Å². The van der Waals surface area contributed by atoms with Gasteiger partial charge in [-0.15, -0.1) is 5.10 Å². The maximum absolute atomic E-state index is 12.8. The zero-order valence-corrected chi connectivity index (χ0v) is 18.9. The van der Waals surface area contributed by atoms with Crippen LogP contribution in [-0.2, 0) is 27.4 Å². The van der Waals surface area contributed by atoms with E-state index in [-0.39, 0.29) is 18.7 Å². The second kappa shape index (κ2) is 8.67. The second-order valence-electron chi connectivity index (χ2n) is 8.12. The van der Waals surface area contributed by atoms with Crippen molar-refractivity contribution in [3.05, 3.63) is 75.7 Å². The fraction of sp³-hybridized carbons (Fsp3) is 0.250. The molecule has 11 nitrogen and oxygen atoms in total. The van der Waals surface area contributed by atoms with Crippen molar-refractivity contribution >= 4 is 28.4 Å². The maximum atomic E-state index is 12.8. The lowest BCUT2D eigenvalue weighted by molar-refractivity contribution is -0.140. The number of ketones is 2. The summed E-state index contributed by atoms with van der Waals surface area (Å²) >= 11 is 0. The van der Waals surface area contributed by atoms with Crippen molar-refractivity contribution in [3.63, 3.8) is 0 Å². The molecule has 0 radical (unpaired) electrons. The molecule has 1 aliphatic heterocycles. The Bertz CT molecular complexity index is 1500. The Morgan fingerprint density at radius 1 is 1.14 bits per heavy atom. The molecule has 35 heavy (non-hydrogen) atoms. The summed E-state index contributed by atoms with van der Waals surface area (Å²) in [5, 5.41) is 8.50. The summed E-state index contributed by atoms with van der Waals surface area (Å²) in [6.45, 7) is -0.236. The lowest BCUT2D eigenvalue weighted by Gasteiger charge is -2.21. The topological polar surface area (TPSA) is 134 Å². The molecule has 1 aromatic carbocycles. The van der Waals surface area contributed by atoms with Gasteiger partial charge in [-0.2, -0.15) is 0 Å². The molecule has 0 bridgehead atoms. The molecule has 0 saturated carbocycles. The summed E-state index contributed by atoms with van der Waals surface area (Å²) in [6.07, 6.45) is 5.24. The number of hydrogen-bond donors (Lipinski definition) is 0. The van der Waals surface area contributed by atoms with Crippen LogP contribution in [0.5, 0.6) is 5.75 Å². The molecular weight excluding hydrogens is 456 g/mol. The SMILES string of the molecule is COC1=CC=C2C(C1)C(=O)C(=O)N2Cc1cn(CC(=O)c2cc3cc(OC)ccc3oc2=O)nn1. The van der Waals surface area contributed by atoms with Gasteiger partial charge >= 0.3 is 5.63 Å². The molecule has 2 aromatic heterocycles. The van der Waals surface area contributed by atoms with Crippen LogP contribution in [0, 0.1) is 5.92 Å². The van der Waals surface area contributed by atoms with Crippen LogP contribution in [0.3, 0.4) is 0 Å². The molecule has 1 atom stereocenters. The van der Waals surface area contributed by atoms with Gasteiger partial charge in [0.2, 0.25) is 5.78 Å². The summed E-state index contributed by atoms with van der Waals surface area (Å²) in [4.78, 5) is 51.5. The fourth-order valence-corrected chi connectivity index (χ4v) is 4.19. The highest BCUT2D eigenvalue weighted by molar-refractivity contribution is 6.40. The van der Waals surface area contributed by atoms with E-state index in [2.05, 4.69) is 10.3 Å². The number of Topliss-reactive ketones (excluding diaryl/α,β-unsaturated/α-hetero) is 2. The van der Waals surface area contributed by atoms with E-state index in [1.54, 1.807) is 30.4 Å². The maximum Gasteiger partial charge on any atom is 0.347 e. The van der Waals surface area contributed by atoms with Crippen LogP contribution in [0.2, 0.25) is 0 Å². The van der Waals surface area contributed by atoms with Crippen molar-refractivity contribution in [3.8, 4) is 5.75 Å². The average molecular weight is 476 g/mol. The van der Waals surface area contributed by atoms with E-state index in [1.165, 1.54) is 36.1 Å². The van der Waals surface area contributed by atoms with Gasteiger partial charge in [0.05, 0.1) is 38.6 Å². The molecule has 3 aromatic rings. The predicted molar refractivity (Wildman–Crippen MR) is 120 cm³/mol. The Kier molecular flexibility index (Phi) is 5.51. The van der Waals surface area contributed by atoms with Crippen LogP contribution >= 0.6 is 0 Å². The third kappa shape index (κ3) is 4.01. The molecule has 0 spiro atoms. The number of rotatable bonds is 7. The molecule has 1 unspecified atom stereocenters. The minimum atomic E-state index is -0.757. The van der Waals surface area contributed by atoms with Crippen molar-refractivity contribution in [2.24, 2.45) is 5.92 Å². The number of methoxy groups -OCH3 is 2. The van der Waals surface area contributed by atoms with Gasteiger partial charge in [-0.05, 0) is 36.4 Å². The zero-order chi connectivity index (χ0) is 24.7. The molecule has 1 aliphatic carbocycles. The van der Waals surface area contributed by atoms with Gasteiger partial charge in [0.1, 0.15) is 29.1 Å². The minimum absolute atomic E-state index is 0.0230. The molecule has 1 amide bonds. The highest BCUT2D eigenvalue weighted by Gasteiger charge is 2.44. The molecule has 2 aliphatic rings. The van der Waals surface area contributed by atoms with Crippen molar-refractivity contribution in [2.45, 2.75) is 19.5 Å². The summed E-state index contributed by atoms with van der Waals surface area (Å²) in [5.74, 6) is -1.03. The van der Waals surface area contributed by atoms with Crippen LogP contribution in [-0.4, -0.2) is 51.6 Å². The first-order chi connectivity index (χ1) is 16.9. The van der Waals surface area contributed by atoms with E-state index in [1.807, 2.05) is 0 Å². The lowest BCUT2D eigenvalue weighted by atomic mass is 9.94. The Morgan fingerprint density at radius 3 is 2.74 bits per heavy atom. The minimum Gasteiger partial charge on any atom is -0.501 e. The number of fused-ring (bicyclic) bond motifs is 2. The van der Waals surface area contributed by atoms with Gasteiger partial charge in [0.15, 0.2) is 5.78 Å². The normalized spacial score (nSPS) is 17.3. The van der Waals surface area contributed by atoms with Crippen LogP contribution in [0.15, 0.2) is 63.3 Å². The molecule has 3 heterocycles. The first kappa shape index (κ1) is 22.3. The number of ether oxygens (including phenoxy) is 2. The van der Waals surface area contributed by atoms with E-state index in [0.717, 1.165) is 0 Å². The zero-order valence-electron chi connectivity index (χ0n) is 18.9. The largest absolute Gasteiger partial charge is 0.501 e. The highest BCUT2D eigenvalue weighted by Crippen LogP contribution is 2.35. The molecule has 0 N–H and O–H groups in total. The van der Waals surface area contributed by atoms with E-state index in [4.69, 9.17) is 13.9 Å². The van der Waals surface area contributed by atoms with Gasteiger partial charge in [-0.25, -0.2) is 9.48 Å². The van der Waals surface area contributed by atoms with Gasteiger partial charge in [0, 0.05) is 17.5 Å². The van der Waals surface area contributed by atoms with Gasteiger partial charge in [-0.1, -0.05) is 5.21 Å². The van der Waals surface area contributed by atoms with Gasteiger partial charge in [0.25, 0.3) is 5.91 Å². The number of allylic oxidation sites excluding steroid dienone is 4. The van der Waals surface area contributed by atoms with E-state index >= 15 is 0 Å². The van der Waals surface area contributed by atoms with Crippen LogP contribution in [0.4, 0.5) is 0 Å². The van der Waals surface area contributed by atoms with Crippen LogP contribution in [0.25, 0.3) is 11.0 Å². The van der Waals surface area contributed by atoms with Crippen LogP contribution in [0.1, 0.15) is 22.5 Å². The first-order valence-corrected chi connectivity index (χ1v) is 10.7. The quantitative estimate of drug-likeness (QED) is 0.283. The lowest BCUT2D eigenvalue weighted by Crippen LogP contribution is -2.26. The smallest absolute Gasteiger partial charge is 0.347 e. The summed E-state index contributed by atoms with van der Waals surface area (Å²) in [5.41, 5.74) is 0.419. The first-order valence-electron chi connectivity index (χ1n) is 10.7. The molecule has 11 heteroatoms. The number of nitrogens with zero attached hydrogens (tertiary/aromatic N) is 4. The second-order valence-corrected chi connectivity index (χ2v) is 8.12. The van der Waals surface area contributed by atoms with E-state index < -0.39 is 29.0 Å². The number of benzene rings is 1. The van der Waals surface area contributed by atoms with Crippen LogP contribution < -0.4 is 10.4 Å². The summed E-state index contributed by atoms with van der Waals surface area (Å²) in [6, 6.07) is 6.36. The number of carbonyl (C=O) groups excluding carboxylic acids is 3. The van der Waals surface area contributed by atoms with Gasteiger partial charge < -0.3 is 18.8 Å². The number of carbonyl (C=O) groups is 3. The fourth-order valence-electron chi connectivity index (χ4n) is 4.19. The standard InChI is InChI=1S/C24H20N4O7/c1-33-15-4-6-21-13(7-15)8-18(24(32)35-21)20(29)12-27-10-14(25-26-27)11-28-19-5-3-16(34-2)9-17(19)22(30)23(28)31/h3-8,10,17H,9,11-12H2,1-2H3. The average Bonchev–Trinajstić information content (AvgIpc) is 3.40. The Hall–Kier alpha value is -4.54. The Balaban J connectivity index is 1.34. The number of hydrogen-bond acceptors (Lipinski definition) is 9. The van der Waals surface area contributed by atoms with Gasteiger partial charge in [-0.3, -0.25) is 14.4 Å². The van der Waals surface area contributed by atoms with Crippen molar-refractivity contribution in [1.82, 2.24) is 19.9 Å². The molecule has 1 saturated heterocycles. The summed E-state index contributed by atoms with van der Waals surface area (Å²) in [7, 11) is 3.03. The van der Waals surface area contributed by atoms with Crippen molar-refractivity contribution in [2.75, 3.05) is 14.2 Å². The van der Waals surface area contributed by atoms with E-state index in [9.17, 15) is 19.2 Å². The Labute approximate surface area is 198 Å². The predicted octanol–water partition coefficient (Wildman–Crippen LogP) is 1.62. The number of aromatic nitrogens is 3. The van der Waals surface area contributed by atoms with E-state index in [0.29, 0.717) is 40.3 Å². The molecule has 5 rings (SSSR count). The number of amides is 1. The third-order valence-electron chi connectivity index (χ3n) is 6.00. The highest BCUT2D eigenvalue weighted by atomic mass is 16.5. The molecule has 178 valence electrons. The summed E-state index contributed by atoms with van der Waals surface area (Å²) < 4.78 is 16.9. The van der Waals surface area contributed by atoms with Crippen molar-refractivity contribution in [1.29, 1.82) is 0 Å². The molecular formula is C24H20N4O7. The third-order valence-corrected chi connectivity index (χ3v) is 6.00.